The van der Waals surface area contributed by atoms with Gasteiger partial charge in [-0.1, -0.05) is 48.4 Å². The zero-order valence-electron chi connectivity index (χ0n) is 12.2. The van der Waals surface area contributed by atoms with E-state index in [1.54, 1.807) is 11.3 Å². The summed E-state index contributed by atoms with van der Waals surface area (Å²) in [5.74, 6) is 0. The van der Waals surface area contributed by atoms with E-state index in [9.17, 15) is 0 Å². The fourth-order valence-electron chi connectivity index (χ4n) is 2.28. The molecule has 0 spiro atoms. The number of benzene rings is 1. The minimum atomic E-state index is 0.479. The second kappa shape index (κ2) is 7.82. The number of aryl methyl sites for hydroxylation is 1. The highest BCUT2D eigenvalue weighted by molar-refractivity contribution is 7.16. The molecule has 1 aromatic carbocycles. The number of nitrogens with one attached hydrogen (secondary N) is 1. The van der Waals surface area contributed by atoms with Gasteiger partial charge in [-0.25, -0.2) is 0 Å². The zero-order chi connectivity index (χ0) is 14.4. The third-order valence-corrected chi connectivity index (χ3v) is 4.62. The Morgan fingerprint density at radius 2 is 1.85 bits per heavy atom. The van der Waals surface area contributed by atoms with Crippen molar-refractivity contribution in [3.05, 3.63) is 56.7 Å². The molecule has 0 saturated heterocycles. The standard InChI is InChI=1S/C17H22ClNS/c1-3-10-19-15(12-16-8-9-17(18)20-16)11-14-6-4-13(2)5-7-14/h4-9,15,19H,3,10-12H2,1-2H3. The fourth-order valence-corrected chi connectivity index (χ4v) is 3.45. The lowest BCUT2D eigenvalue weighted by molar-refractivity contribution is 0.507. The van der Waals surface area contributed by atoms with Crippen LogP contribution in [0.15, 0.2) is 36.4 Å². The van der Waals surface area contributed by atoms with E-state index in [-0.39, 0.29) is 0 Å². The summed E-state index contributed by atoms with van der Waals surface area (Å²) in [5.41, 5.74) is 2.71. The van der Waals surface area contributed by atoms with Crippen molar-refractivity contribution in [2.75, 3.05) is 6.54 Å². The highest BCUT2D eigenvalue weighted by atomic mass is 35.5. The summed E-state index contributed by atoms with van der Waals surface area (Å²) in [5, 5.41) is 3.65. The Hall–Kier alpha value is -0.830. The quantitative estimate of drug-likeness (QED) is 0.770. The van der Waals surface area contributed by atoms with Gasteiger partial charge in [0.1, 0.15) is 0 Å². The maximum Gasteiger partial charge on any atom is 0.0931 e. The lowest BCUT2D eigenvalue weighted by atomic mass is 10.0. The maximum absolute atomic E-state index is 6.02. The van der Waals surface area contributed by atoms with Gasteiger partial charge in [-0.15, -0.1) is 11.3 Å². The van der Waals surface area contributed by atoms with Crippen LogP contribution in [0.3, 0.4) is 0 Å². The Balaban J connectivity index is 2.00. The van der Waals surface area contributed by atoms with Crippen molar-refractivity contribution in [2.45, 2.75) is 39.2 Å². The van der Waals surface area contributed by atoms with E-state index in [0.717, 1.165) is 30.1 Å². The first kappa shape index (κ1) is 15.6. The summed E-state index contributed by atoms with van der Waals surface area (Å²) >= 11 is 7.71. The van der Waals surface area contributed by atoms with E-state index in [0.29, 0.717) is 6.04 Å². The second-order valence-corrected chi connectivity index (χ2v) is 7.05. The van der Waals surface area contributed by atoms with Crippen LogP contribution in [0.25, 0.3) is 0 Å². The summed E-state index contributed by atoms with van der Waals surface area (Å²) in [6.45, 7) is 5.40. The van der Waals surface area contributed by atoms with Gasteiger partial charge in [0.25, 0.3) is 0 Å². The molecular formula is C17H22ClNS. The van der Waals surface area contributed by atoms with Crippen LogP contribution in [0.4, 0.5) is 0 Å². The topological polar surface area (TPSA) is 12.0 Å². The van der Waals surface area contributed by atoms with Crippen molar-refractivity contribution < 1.29 is 0 Å². The minimum absolute atomic E-state index is 0.479. The van der Waals surface area contributed by atoms with Gasteiger partial charge < -0.3 is 5.32 Å². The molecule has 108 valence electrons. The molecule has 0 amide bonds. The molecule has 0 aliphatic rings. The third-order valence-electron chi connectivity index (χ3n) is 3.36. The summed E-state index contributed by atoms with van der Waals surface area (Å²) in [6.07, 6.45) is 3.27. The largest absolute Gasteiger partial charge is 0.313 e. The molecule has 1 heterocycles. The average Bonchev–Trinajstić information content (AvgIpc) is 2.84. The van der Waals surface area contributed by atoms with Crippen molar-refractivity contribution in [3.63, 3.8) is 0 Å². The van der Waals surface area contributed by atoms with Crippen molar-refractivity contribution in [1.82, 2.24) is 5.32 Å². The molecule has 20 heavy (non-hydrogen) atoms. The molecule has 0 radical (unpaired) electrons. The molecule has 0 aliphatic carbocycles. The molecule has 1 atom stereocenters. The minimum Gasteiger partial charge on any atom is -0.313 e. The molecule has 1 nitrogen and oxygen atoms in total. The highest BCUT2D eigenvalue weighted by Gasteiger charge is 2.11. The number of halogens is 1. The SMILES string of the molecule is CCCNC(Cc1ccc(C)cc1)Cc1ccc(Cl)s1. The van der Waals surface area contributed by atoms with Gasteiger partial charge in [0.2, 0.25) is 0 Å². The Morgan fingerprint density at radius 3 is 2.45 bits per heavy atom. The molecule has 2 rings (SSSR count). The van der Waals surface area contributed by atoms with E-state index >= 15 is 0 Å². The van der Waals surface area contributed by atoms with Gasteiger partial charge >= 0.3 is 0 Å². The van der Waals surface area contributed by atoms with E-state index in [4.69, 9.17) is 11.6 Å². The lowest BCUT2D eigenvalue weighted by Gasteiger charge is -2.18. The first-order chi connectivity index (χ1) is 9.67. The molecule has 0 bridgehead atoms. The first-order valence-electron chi connectivity index (χ1n) is 7.20. The Bertz CT molecular complexity index is 518. The van der Waals surface area contributed by atoms with E-state index < -0.39 is 0 Å². The van der Waals surface area contributed by atoms with Gasteiger partial charge in [-0.3, -0.25) is 0 Å². The maximum atomic E-state index is 6.02. The number of hydrogen-bond donors (Lipinski definition) is 1. The zero-order valence-corrected chi connectivity index (χ0v) is 13.7. The van der Waals surface area contributed by atoms with Crippen LogP contribution in [-0.2, 0) is 12.8 Å². The fraction of sp³-hybridized carbons (Fsp3) is 0.412. The van der Waals surface area contributed by atoms with Crippen LogP contribution in [0.2, 0.25) is 4.34 Å². The summed E-state index contributed by atoms with van der Waals surface area (Å²) in [7, 11) is 0. The predicted octanol–water partition coefficient (Wildman–Crippen LogP) is 4.86. The van der Waals surface area contributed by atoms with E-state index in [2.05, 4.69) is 49.5 Å². The normalized spacial score (nSPS) is 12.6. The van der Waals surface area contributed by atoms with Crippen LogP contribution >= 0.6 is 22.9 Å². The van der Waals surface area contributed by atoms with Crippen LogP contribution < -0.4 is 5.32 Å². The van der Waals surface area contributed by atoms with Crippen molar-refractivity contribution in [2.24, 2.45) is 0 Å². The van der Waals surface area contributed by atoms with Crippen molar-refractivity contribution in [3.8, 4) is 0 Å². The lowest BCUT2D eigenvalue weighted by Crippen LogP contribution is -2.33. The Kier molecular flexibility index (Phi) is 6.08. The molecule has 2 aromatic rings. The van der Waals surface area contributed by atoms with Crippen LogP contribution in [0, 0.1) is 6.92 Å². The van der Waals surface area contributed by atoms with E-state index in [1.165, 1.54) is 16.0 Å². The highest BCUT2D eigenvalue weighted by Crippen LogP contribution is 2.23. The van der Waals surface area contributed by atoms with Gasteiger partial charge in [0.05, 0.1) is 4.34 Å². The molecule has 1 unspecified atom stereocenters. The van der Waals surface area contributed by atoms with Crippen molar-refractivity contribution >= 4 is 22.9 Å². The average molecular weight is 308 g/mol. The molecule has 0 saturated carbocycles. The molecule has 1 N–H and O–H groups in total. The molecule has 1 aromatic heterocycles. The first-order valence-corrected chi connectivity index (χ1v) is 8.40. The van der Waals surface area contributed by atoms with E-state index in [1.807, 2.05) is 6.07 Å². The van der Waals surface area contributed by atoms with Gasteiger partial charge in [-0.2, -0.15) is 0 Å². The molecule has 0 fully saturated rings. The number of hydrogen-bond acceptors (Lipinski definition) is 2. The van der Waals surface area contributed by atoms with Gasteiger partial charge in [0, 0.05) is 10.9 Å². The van der Waals surface area contributed by atoms with Crippen molar-refractivity contribution in [1.29, 1.82) is 0 Å². The molecule has 3 heteroatoms. The monoisotopic (exact) mass is 307 g/mol. The van der Waals surface area contributed by atoms with Crippen LogP contribution in [0.1, 0.15) is 29.3 Å². The number of rotatable bonds is 7. The Morgan fingerprint density at radius 1 is 1.10 bits per heavy atom. The van der Waals surface area contributed by atoms with Crippen LogP contribution in [-0.4, -0.2) is 12.6 Å². The second-order valence-electron chi connectivity index (χ2n) is 5.25. The molecule has 0 aliphatic heterocycles. The predicted molar refractivity (Wildman–Crippen MR) is 90.0 cm³/mol. The smallest absolute Gasteiger partial charge is 0.0931 e. The summed E-state index contributed by atoms with van der Waals surface area (Å²) in [4.78, 5) is 1.36. The third kappa shape index (κ3) is 4.93. The van der Waals surface area contributed by atoms with Gasteiger partial charge in [-0.05, 0) is 50.4 Å². The molecular weight excluding hydrogens is 286 g/mol. The number of thiophene rings is 1. The summed E-state index contributed by atoms with van der Waals surface area (Å²) < 4.78 is 0.879. The van der Waals surface area contributed by atoms with Crippen LogP contribution in [0.5, 0.6) is 0 Å². The summed E-state index contributed by atoms with van der Waals surface area (Å²) in [6, 6.07) is 13.5. The van der Waals surface area contributed by atoms with Gasteiger partial charge in [0.15, 0.2) is 0 Å². The Labute approximate surface area is 131 Å².